The lowest BCUT2D eigenvalue weighted by Gasteiger charge is -2.37. The van der Waals surface area contributed by atoms with Gasteiger partial charge < -0.3 is 15.1 Å². The minimum Gasteiger partial charge on any atom is -0.357 e. The van der Waals surface area contributed by atoms with Crippen molar-refractivity contribution in [3.8, 4) is 0 Å². The fourth-order valence-electron chi connectivity index (χ4n) is 3.07. The van der Waals surface area contributed by atoms with Gasteiger partial charge in [-0.1, -0.05) is 13.8 Å². The first-order valence-electron chi connectivity index (χ1n) is 9.01. The van der Waals surface area contributed by atoms with E-state index in [2.05, 4.69) is 28.9 Å². The van der Waals surface area contributed by atoms with E-state index in [-0.39, 0.29) is 11.8 Å². The molecule has 2 heterocycles. The number of amides is 1. The summed E-state index contributed by atoms with van der Waals surface area (Å²) in [5, 5.41) is 3.43. The zero-order valence-corrected chi connectivity index (χ0v) is 15.7. The molecule has 0 radical (unpaired) electrons. The molecule has 0 aromatic carbocycles. The van der Waals surface area contributed by atoms with Gasteiger partial charge in [-0.2, -0.15) is 11.8 Å². The van der Waals surface area contributed by atoms with Crippen LogP contribution < -0.4 is 5.32 Å². The minimum absolute atomic E-state index is 0.0904. The lowest BCUT2D eigenvalue weighted by Crippen LogP contribution is -2.54. The molecular weight excluding hydrogens is 308 g/mol. The van der Waals surface area contributed by atoms with Crippen LogP contribution in [0.3, 0.4) is 0 Å². The Bertz CT molecular complexity index is 399. The van der Waals surface area contributed by atoms with Crippen LogP contribution in [0.25, 0.3) is 0 Å². The molecule has 2 rings (SSSR count). The van der Waals surface area contributed by atoms with Crippen molar-refractivity contribution in [2.75, 3.05) is 50.8 Å². The van der Waals surface area contributed by atoms with Gasteiger partial charge in [-0.15, -0.1) is 0 Å². The molecule has 0 spiro atoms. The van der Waals surface area contributed by atoms with Crippen molar-refractivity contribution in [1.82, 2.24) is 15.1 Å². The molecule has 0 aromatic heterocycles. The first-order chi connectivity index (χ1) is 11.1. The number of carbonyl (C=O) groups is 1. The summed E-state index contributed by atoms with van der Waals surface area (Å²) in [6.07, 6.45) is 2.59. The van der Waals surface area contributed by atoms with E-state index in [9.17, 15) is 4.79 Å². The third-order valence-corrected chi connectivity index (χ3v) is 5.61. The summed E-state index contributed by atoms with van der Waals surface area (Å²) < 4.78 is 0. The Balaban J connectivity index is 1.87. The second-order valence-electron chi connectivity index (χ2n) is 6.72. The summed E-state index contributed by atoms with van der Waals surface area (Å²) in [6.45, 7) is 11.3. The molecule has 132 valence electrons. The number of carbonyl (C=O) groups excluding carboxylic acids is 1. The number of guanidine groups is 1. The Morgan fingerprint density at radius 1 is 1.17 bits per heavy atom. The van der Waals surface area contributed by atoms with Gasteiger partial charge in [-0.3, -0.25) is 9.79 Å². The van der Waals surface area contributed by atoms with Crippen LogP contribution in [0.1, 0.15) is 33.6 Å². The molecule has 5 nitrogen and oxygen atoms in total. The van der Waals surface area contributed by atoms with E-state index < -0.39 is 0 Å². The molecule has 23 heavy (non-hydrogen) atoms. The number of nitrogens with zero attached hydrogens (tertiary/aromatic N) is 3. The Hall–Kier alpha value is -0.910. The molecule has 2 aliphatic heterocycles. The lowest BCUT2D eigenvalue weighted by molar-refractivity contribution is -0.135. The third kappa shape index (κ3) is 5.59. The predicted molar refractivity (Wildman–Crippen MR) is 99.0 cm³/mol. The van der Waals surface area contributed by atoms with Gasteiger partial charge in [0.15, 0.2) is 5.96 Å². The quantitative estimate of drug-likeness (QED) is 0.627. The summed E-state index contributed by atoms with van der Waals surface area (Å²) in [7, 11) is 0. The van der Waals surface area contributed by atoms with Crippen LogP contribution >= 0.6 is 11.8 Å². The Kier molecular flexibility index (Phi) is 7.53. The number of hydrogen-bond donors (Lipinski definition) is 1. The van der Waals surface area contributed by atoms with Gasteiger partial charge >= 0.3 is 0 Å². The van der Waals surface area contributed by atoms with Crippen molar-refractivity contribution in [1.29, 1.82) is 0 Å². The van der Waals surface area contributed by atoms with Crippen molar-refractivity contribution in [3.05, 3.63) is 0 Å². The van der Waals surface area contributed by atoms with E-state index in [0.717, 1.165) is 51.1 Å². The standard InChI is InChI=1S/C17H32N4OS/c1-4-18-17(19-13-15-5-11-23-12-6-15)21-9-7-20(8-10-21)16(22)14(2)3/h14-15H,4-13H2,1-3H3,(H,18,19). The molecule has 1 N–H and O–H groups in total. The van der Waals surface area contributed by atoms with E-state index in [4.69, 9.17) is 4.99 Å². The molecule has 6 heteroatoms. The van der Waals surface area contributed by atoms with Gasteiger partial charge in [0.1, 0.15) is 0 Å². The van der Waals surface area contributed by atoms with E-state index in [1.54, 1.807) is 0 Å². The lowest BCUT2D eigenvalue weighted by atomic mass is 10.0. The third-order valence-electron chi connectivity index (χ3n) is 4.56. The average molecular weight is 341 g/mol. The van der Waals surface area contributed by atoms with Crippen molar-refractivity contribution in [2.45, 2.75) is 33.6 Å². The first kappa shape index (κ1) is 18.4. The van der Waals surface area contributed by atoms with Crippen LogP contribution in [-0.2, 0) is 4.79 Å². The predicted octanol–water partition coefficient (Wildman–Crippen LogP) is 1.90. The second kappa shape index (κ2) is 9.40. The normalized spacial score (nSPS) is 21.0. The Morgan fingerprint density at radius 3 is 2.35 bits per heavy atom. The van der Waals surface area contributed by atoms with Crippen LogP contribution in [0.2, 0.25) is 0 Å². The van der Waals surface area contributed by atoms with Crippen LogP contribution in [0.15, 0.2) is 4.99 Å². The molecule has 2 fully saturated rings. The van der Waals surface area contributed by atoms with Gasteiger partial charge in [0, 0.05) is 45.2 Å². The van der Waals surface area contributed by atoms with Crippen LogP contribution in [0, 0.1) is 11.8 Å². The maximum absolute atomic E-state index is 12.1. The summed E-state index contributed by atoms with van der Waals surface area (Å²) in [6, 6.07) is 0. The van der Waals surface area contributed by atoms with E-state index >= 15 is 0 Å². The van der Waals surface area contributed by atoms with E-state index in [1.807, 2.05) is 18.7 Å². The SMILES string of the molecule is CCNC(=NCC1CCSCC1)N1CCN(C(=O)C(C)C)CC1. The highest BCUT2D eigenvalue weighted by atomic mass is 32.2. The molecule has 0 aromatic rings. The average Bonchev–Trinajstić information content (AvgIpc) is 2.59. The number of rotatable bonds is 4. The number of aliphatic imine (C=N–C) groups is 1. The molecule has 0 saturated carbocycles. The van der Waals surface area contributed by atoms with Crippen molar-refractivity contribution < 1.29 is 4.79 Å². The molecule has 2 saturated heterocycles. The second-order valence-corrected chi connectivity index (χ2v) is 7.94. The summed E-state index contributed by atoms with van der Waals surface area (Å²) in [4.78, 5) is 21.3. The van der Waals surface area contributed by atoms with E-state index in [1.165, 1.54) is 24.3 Å². The summed E-state index contributed by atoms with van der Waals surface area (Å²) >= 11 is 2.06. The maximum atomic E-state index is 12.1. The highest BCUT2D eigenvalue weighted by molar-refractivity contribution is 7.99. The molecule has 0 aliphatic carbocycles. The monoisotopic (exact) mass is 340 g/mol. The van der Waals surface area contributed by atoms with Gasteiger partial charge in [-0.25, -0.2) is 0 Å². The van der Waals surface area contributed by atoms with Crippen molar-refractivity contribution >= 4 is 23.6 Å². The summed E-state index contributed by atoms with van der Waals surface area (Å²) in [5.74, 6) is 4.70. The highest BCUT2D eigenvalue weighted by Crippen LogP contribution is 2.22. The van der Waals surface area contributed by atoms with Crippen LogP contribution in [-0.4, -0.2) is 72.4 Å². The maximum Gasteiger partial charge on any atom is 0.225 e. The number of hydrogen-bond acceptors (Lipinski definition) is 3. The van der Waals surface area contributed by atoms with Gasteiger partial charge in [-0.05, 0) is 37.2 Å². The number of nitrogens with one attached hydrogen (secondary N) is 1. The topological polar surface area (TPSA) is 47.9 Å². The molecule has 1 amide bonds. The first-order valence-corrected chi connectivity index (χ1v) is 10.2. The largest absolute Gasteiger partial charge is 0.357 e. The van der Waals surface area contributed by atoms with Crippen molar-refractivity contribution in [2.24, 2.45) is 16.8 Å². The van der Waals surface area contributed by atoms with Crippen LogP contribution in [0.5, 0.6) is 0 Å². The summed E-state index contributed by atoms with van der Waals surface area (Å²) in [5.41, 5.74) is 0. The molecule has 0 unspecified atom stereocenters. The van der Waals surface area contributed by atoms with Gasteiger partial charge in [0.2, 0.25) is 5.91 Å². The van der Waals surface area contributed by atoms with Crippen LogP contribution in [0.4, 0.5) is 0 Å². The molecule has 0 bridgehead atoms. The van der Waals surface area contributed by atoms with Crippen molar-refractivity contribution in [3.63, 3.8) is 0 Å². The smallest absolute Gasteiger partial charge is 0.225 e. The Labute approximate surface area is 145 Å². The number of piperazine rings is 1. The fourth-order valence-corrected chi connectivity index (χ4v) is 4.28. The zero-order valence-electron chi connectivity index (χ0n) is 14.9. The Morgan fingerprint density at radius 2 is 1.78 bits per heavy atom. The van der Waals surface area contributed by atoms with Gasteiger partial charge in [0.25, 0.3) is 0 Å². The molecular formula is C17H32N4OS. The fraction of sp³-hybridized carbons (Fsp3) is 0.882. The van der Waals surface area contributed by atoms with E-state index in [0.29, 0.717) is 0 Å². The number of thioether (sulfide) groups is 1. The zero-order chi connectivity index (χ0) is 16.7. The highest BCUT2D eigenvalue weighted by Gasteiger charge is 2.24. The molecule has 2 aliphatic rings. The van der Waals surface area contributed by atoms with Gasteiger partial charge in [0.05, 0.1) is 0 Å². The molecule has 0 atom stereocenters. The minimum atomic E-state index is 0.0904.